The zero-order valence-electron chi connectivity index (χ0n) is 18.0. The van der Waals surface area contributed by atoms with Crippen LogP contribution < -0.4 is 10.1 Å². The van der Waals surface area contributed by atoms with Crippen molar-refractivity contribution in [3.63, 3.8) is 0 Å². The van der Waals surface area contributed by atoms with E-state index in [-0.39, 0.29) is 12.3 Å². The van der Waals surface area contributed by atoms with E-state index in [1.165, 1.54) is 11.1 Å². The molecule has 0 unspecified atom stereocenters. The molecule has 6 nitrogen and oxygen atoms in total. The highest BCUT2D eigenvalue weighted by Gasteiger charge is 2.26. The van der Waals surface area contributed by atoms with Crippen molar-refractivity contribution in [1.82, 2.24) is 4.98 Å². The van der Waals surface area contributed by atoms with E-state index in [2.05, 4.69) is 35.4 Å². The van der Waals surface area contributed by atoms with Gasteiger partial charge in [-0.15, -0.1) is 0 Å². The number of hydrogen-bond acceptors (Lipinski definition) is 5. The first-order valence-electron chi connectivity index (χ1n) is 10.7. The molecule has 1 atom stereocenters. The zero-order valence-corrected chi connectivity index (χ0v) is 18.0. The summed E-state index contributed by atoms with van der Waals surface area (Å²) >= 11 is 0. The Morgan fingerprint density at radius 3 is 2.91 bits per heavy atom. The van der Waals surface area contributed by atoms with Crippen molar-refractivity contribution in [3.8, 4) is 16.9 Å². The van der Waals surface area contributed by atoms with Crippen LogP contribution in [0.2, 0.25) is 0 Å². The molecule has 5 rings (SSSR count). The SMILES string of the molecule is Cc1oc2cccnc2c1-c1cccc(CNc2ccc3c(c2)OC[C@H]3CC(=O)O)c1C. The van der Waals surface area contributed by atoms with Gasteiger partial charge in [0, 0.05) is 41.5 Å². The topological polar surface area (TPSA) is 84.6 Å². The molecule has 0 saturated carbocycles. The minimum absolute atomic E-state index is 0.0860. The third kappa shape index (κ3) is 3.58. The summed E-state index contributed by atoms with van der Waals surface area (Å²) in [5.74, 6) is 0.730. The van der Waals surface area contributed by atoms with Gasteiger partial charge in [-0.2, -0.15) is 0 Å². The maximum atomic E-state index is 11.1. The maximum absolute atomic E-state index is 11.1. The van der Waals surface area contributed by atoms with Crippen LogP contribution in [0.4, 0.5) is 5.69 Å². The number of ether oxygens (including phenoxy) is 1. The van der Waals surface area contributed by atoms with E-state index < -0.39 is 5.97 Å². The first kappa shape index (κ1) is 20.1. The lowest BCUT2D eigenvalue weighted by Crippen LogP contribution is -2.07. The molecule has 1 aliphatic rings. The molecule has 6 heteroatoms. The van der Waals surface area contributed by atoms with Crippen molar-refractivity contribution in [2.75, 3.05) is 11.9 Å². The molecule has 0 radical (unpaired) electrons. The standard InChI is InChI=1S/C26H24N2O4/c1-15-17(5-3-6-20(15)25-16(2)32-22-7-4-10-27-26(22)25)13-28-19-8-9-21-18(11-24(29)30)14-31-23(21)12-19/h3-10,12,18,28H,11,13-14H2,1-2H3,(H,29,30)/t18-/m1/s1. The van der Waals surface area contributed by atoms with Crippen LogP contribution in [0.1, 0.15) is 34.8 Å². The molecular formula is C26H24N2O4. The number of fused-ring (bicyclic) bond motifs is 2. The van der Waals surface area contributed by atoms with Crippen LogP contribution in [-0.4, -0.2) is 22.7 Å². The number of carboxylic acids is 1. The van der Waals surface area contributed by atoms with Crippen molar-refractivity contribution in [1.29, 1.82) is 0 Å². The highest BCUT2D eigenvalue weighted by atomic mass is 16.5. The smallest absolute Gasteiger partial charge is 0.304 e. The first-order chi connectivity index (χ1) is 15.5. The summed E-state index contributed by atoms with van der Waals surface area (Å²) in [6.45, 7) is 5.16. The summed E-state index contributed by atoms with van der Waals surface area (Å²) in [6, 6.07) is 16.0. The molecular weight excluding hydrogens is 404 g/mol. The van der Waals surface area contributed by atoms with Crippen LogP contribution in [0.15, 0.2) is 59.1 Å². The number of aryl methyl sites for hydroxylation is 1. The second kappa shape index (κ2) is 8.04. The summed E-state index contributed by atoms with van der Waals surface area (Å²) in [4.78, 5) is 15.6. The van der Waals surface area contributed by atoms with Crippen LogP contribution in [0.5, 0.6) is 5.75 Å². The molecule has 4 aromatic rings. The number of hydrogen-bond donors (Lipinski definition) is 2. The molecule has 162 valence electrons. The Hall–Kier alpha value is -3.80. The van der Waals surface area contributed by atoms with Gasteiger partial charge in [0.2, 0.25) is 0 Å². The summed E-state index contributed by atoms with van der Waals surface area (Å²) in [5, 5.41) is 12.6. The van der Waals surface area contributed by atoms with Gasteiger partial charge >= 0.3 is 5.97 Å². The number of pyridine rings is 1. The maximum Gasteiger partial charge on any atom is 0.304 e. The number of aromatic nitrogens is 1. The Labute approximate surface area is 185 Å². The molecule has 0 aliphatic carbocycles. The molecule has 0 spiro atoms. The molecule has 0 fully saturated rings. The number of furan rings is 1. The quantitative estimate of drug-likeness (QED) is 0.411. The number of nitrogens with zero attached hydrogens (tertiary/aromatic N) is 1. The second-order valence-electron chi connectivity index (χ2n) is 8.19. The van der Waals surface area contributed by atoms with E-state index in [0.29, 0.717) is 13.2 Å². The van der Waals surface area contributed by atoms with Gasteiger partial charge in [0.25, 0.3) is 0 Å². The Morgan fingerprint density at radius 2 is 2.06 bits per heavy atom. The molecule has 32 heavy (non-hydrogen) atoms. The highest BCUT2D eigenvalue weighted by molar-refractivity contribution is 5.93. The van der Waals surface area contributed by atoms with Crippen LogP contribution in [0.3, 0.4) is 0 Å². The molecule has 2 aromatic heterocycles. The van der Waals surface area contributed by atoms with Crippen molar-refractivity contribution in [2.45, 2.75) is 32.7 Å². The van der Waals surface area contributed by atoms with E-state index in [4.69, 9.17) is 14.3 Å². The fraction of sp³-hybridized carbons (Fsp3) is 0.231. The summed E-state index contributed by atoms with van der Waals surface area (Å²) < 4.78 is 11.7. The number of rotatable bonds is 6. The van der Waals surface area contributed by atoms with Gasteiger partial charge in [0.15, 0.2) is 5.58 Å². The molecule has 2 aromatic carbocycles. The normalized spacial score (nSPS) is 14.9. The summed E-state index contributed by atoms with van der Waals surface area (Å²) in [5.41, 5.74) is 8.09. The monoisotopic (exact) mass is 428 g/mol. The summed E-state index contributed by atoms with van der Waals surface area (Å²) in [7, 11) is 0. The van der Waals surface area contributed by atoms with Gasteiger partial charge in [0.05, 0.1) is 13.0 Å². The van der Waals surface area contributed by atoms with Gasteiger partial charge in [-0.1, -0.05) is 24.3 Å². The third-order valence-electron chi connectivity index (χ3n) is 6.14. The minimum Gasteiger partial charge on any atom is -0.493 e. The average Bonchev–Trinajstić information content (AvgIpc) is 3.32. The minimum atomic E-state index is -0.806. The van der Waals surface area contributed by atoms with Crippen molar-refractivity contribution < 1.29 is 19.1 Å². The number of benzene rings is 2. The first-order valence-corrected chi connectivity index (χ1v) is 10.7. The fourth-order valence-electron chi connectivity index (χ4n) is 4.47. The van der Waals surface area contributed by atoms with E-state index in [1.54, 1.807) is 6.20 Å². The number of carbonyl (C=O) groups is 1. The van der Waals surface area contributed by atoms with Gasteiger partial charge in [-0.25, -0.2) is 0 Å². The van der Waals surface area contributed by atoms with Gasteiger partial charge in [-0.3, -0.25) is 9.78 Å². The zero-order chi connectivity index (χ0) is 22.2. The lowest BCUT2D eigenvalue weighted by atomic mass is 9.95. The Bertz CT molecular complexity index is 1320. The Kier molecular flexibility index (Phi) is 5.05. The van der Waals surface area contributed by atoms with Crippen LogP contribution in [-0.2, 0) is 11.3 Å². The van der Waals surface area contributed by atoms with Crippen molar-refractivity contribution in [3.05, 3.63) is 77.2 Å². The number of anilines is 1. The number of carboxylic acid groups (broad SMARTS) is 1. The van der Waals surface area contributed by atoms with Crippen molar-refractivity contribution >= 4 is 22.8 Å². The van der Waals surface area contributed by atoms with Crippen LogP contribution in [0.25, 0.3) is 22.2 Å². The van der Waals surface area contributed by atoms with E-state index in [9.17, 15) is 4.79 Å². The van der Waals surface area contributed by atoms with E-state index >= 15 is 0 Å². The Balaban J connectivity index is 1.39. The van der Waals surface area contributed by atoms with Crippen LogP contribution in [0, 0.1) is 13.8 Å². The van der Waals surface area contributed by atoms with Gasteiger partial charge in [-0.05, 0) is 48.7 Å². The average molecular weight is 428 g/mol. The predicted octanol–water partition coefficient (Wildman–Crippen LogP) is 5.67. The fourth-order valence-corrected chi connectivity index (χ4v) is 4.47. The molecule has 0 saturated heterocycles. The molecule has 2 N–H and O–H groups in total. The largest absolute Gasteiger partial charge is 0.493 e. The summed E-state index contributed by atoms with van der Waals surface area (Å²) in [6.07, 6.45) is 1.88. The number of nitrogens with one attached hydrogen (secondary N) is 1. The Morgan fingerprint density at radius 1 is 1.19 bits per heavy atom. The second-order valence-corrected chi connectivity index (χ2v) is 8.19. The lowest BCUT2D eigenvalue weighted by Gasteiger charge is -2.14. The number of aliphatic carboxylic acids is 1. The lowest BCUT2D eigenvalue weighted by molar-refractivity contribution is -0.137. The molecule has 1 aliphatic heterocycles. The van der Waals surface area contributed by atoms with Crippen molar-refractivity contribution in [2.24, 2.45) is 0 Å². The van der Waals surface area contributed by atoms with E-state index in [1.807, 2.05) is 37.3 Å². The molecule has 3 heterocycles. The van der Waals surface area contributed by atoms with Gasteiger partial charge in [0.1, 0.15) is 17.0 Å². The predicted molar refractivity (Wildman–Crippen MR) is 123 cm³/mol. The van der Waals surface area contributed by atoms with Crippen LogP contribution >= 0.6 is 0 Å². The van der Waals surface area contributed by atoms with E-state index in [0.717, 1.165) is 45.0 Å². The van der Waals surface area contributed by atoms with Gasteiger partial charge < -0.3 is 19.6 Å². The third-order valence-corrected chi connectivity index (χ3v) is 6.14. The molecule has 0 amide bonds. The highest BCUT2D eigenvalue weighted by Crippen LogP contribution is 2.38. The molecule has 0 bridgehead atoms.